The summed E-state index contributed by atoms with van der Waals surface area (Å²) in [5.74, 6) is 1.21. The zero-order valence-electron chi connectivity index (χ0n) is 17.6. The van der Waals surface area contributed by atoms with Crippen LogP contribution in [-0.4, -0.2) is 23.6 Å². The summed E-state index contributed by atoms with van der Waals surface area (Å²) < 4.78 is 13.2. The second-order valence-electron chi connectivity index (χ2n) is 7.16. The van der Waals surface area contributed by atoms with Gasteiger partial charge in [0.15, 0.2) is 16.5 Å². The standard InChI is InChI=1S/C26H20N2O3S/c1-30-20-15-9-14-19(24(20)31-2)16-21-25(29)28-23(18-12-7-4-8-13-18)22(27-26(28)32-21)17-10-5-3-6-11-17/h3-16H,1-2H3/b21-16-. The Balaban J connectivity index is 1.79. The van der Waals surface area contributed by atoms with Crippen molar-refractivity contribution in [3.05, 3.63) is 99.3 Å². The lowest BCUT2D eigenvalue weighted by Crippen LogP contribution is -2.23. The van der Waals surface area contributed by atoms with Crippen molar-refractivity contribution in [3.63, 3.8) is 0 Å². The van der Waals surface area contributed by atoms with Crippen LogP contribution in [0.5, 0.6) is 11.5 Å². The maximum absolute atomic E-state index is 13.6. The molecule has 158 valence electrons. The minimum atomic E-state index is -0.108. The van der Waals surface area contributed by atoms with Crippen LogP contribution in [0.1, 0.15) is 5.56 Å². The maximum Gasteiger partial charge on any atom is 0.274 e. The Morgan fingerprint density at radius 2 is 1.53 bits per heavy atom. The van der Waals surface area contributed by atoms with E-state index in [-0.39, 0.29) is 5.56 Å². The fraction of sp³-hybridized carbons (Fsp3) is 0.0769. The first kappa shape index (κ1) is 20.0. The van der Waals surface area contributed by atoms with Gasteiger partial charge in [-0.3, -0.25) is 4.79 Å². The van der Waals surface area contributed by atoms with Crippen molar-refractivity contribution in [2.24, 2.45) is 0 Å². The normalized spacial score (nSPS) is 11.8. The molecule has 0 aliphatic rings. The van der Waals surface area contributed by atoms with Crippen LogP contribution in [0.3, 0.4) is 0 Å². The van der Waals surface area contributed by atoms with E-state index in [1.165, 1.54) is 11.3 Å². The topological polar surface area (TPSA) is 52.8 Å². The predicted octanol–water partition coefficient (Wildman–Crippen LogP) is 4.65. The van der Waals surface area contributed by atoms with Gasteiger partial charge in [0, 0.05) is 16.7 Å². The third-order valence-corrected chi connectivity index (χ3v) is 6.25. The van der Waals surface area contributed by atoms with Crippen molar-refractivity contribution < 1.29 is 9.47 Å². The van der Waals surface area contributed by atoms with Crippen LogP contribution in [-0.2, 0) is 0 Å². The van der Waals surface area contributed by atoms with Gasteiger partial charge in [0.05, 0.1) is 30.1 Å². The highest BCUT2D eigenvalue weighted by Crippen LogP contribution is 2.33. The van der Waals surface area contributed by atoms with Gasteiger partial charge in [-0.25, -0.2) is 9.38 Å². The molecule has 5 nitrogen and oxygen atoms in total. The van der Waals surface area contributed by atoms with Crippen molar-refractivity contribution in [1.82, 2.24) is 9.38 Å². The van der Waals surface area contributed by atoms with Crippen molar-refractivity contribution in [2.45, 2.75) is 0 Å². The number of fused-ring (bicyclic) bond motifs is 1. The van der Waals surface area contributed by atoms with E-state index < -0.39 is 0 Å². The van der Waals surface area contributed by atoms with E-state index in [1.54, 1.807) is 18.6 Å². The minimum absolute atomic E-state index is 0.108. The van der Waals surface area contributed by atoms with Gasteiger partial charge >= 0.3 is 0 Å². The number of ether oxygens (including phenoxy) is 2. The highest BCUT2D eigenvalue weighted by Gasteiger charge is 2.20. The van der Waals surface area contributed by atoms with Crippen LogP contribution in [0.2, 0.25) is 0 Å². The van der Waals surface area contributed by atoms with E-state index in [2.05, 4.69) is 0 Å². The average Bonchev–Trinajstić information content (AvgIpc) is 3.36. The summed E-state index contributed by atoms with van der Waals surface area (Å²) in [6.45, 7) is 0. The van der Waals surface area contributed by atoms with Gasteiger partial charge < -0.3 is 9.47 Å². The summed E-state index contributed by atoms with van der Waals surface area (Å²) in [6, 6.07) is 25.4. The Hall–Kier alpha value is -3.90. The zero-order chi connectivity index (χ0) is 22.1. The van der Waals surface area contributed by atoms with E-state index >= 15 is 0 Å². The molecule has 32 heavy (non-hydrogen) atoms. The molecule has 0 spiro atoms. The number of rotatable bonds is 5. The molecule has 0 aliphatic carbocycles. The average molecular weight is 441 g/mol. The second-order valence-corrected chi connectivity index (χ2v) is 8.17. The van der Waals surface area contributed by atoms with Gasteiger partial charge in [-0.2, -0.15) is 0 Å². The Morgan fingerprint density at radius 3 is 2.19 bits per heavy atom. The first-order chi connectivity index (χ1) is 15.7. The SMILES string of the molecule is COc1cccc(/C=c2\sc3nc(-c4ccccc4)c(-c4ccccc4)n3c2=O)c1OC. The van der Waals surface area contributed by atoms with E-state index in [1.807, 2.05) is 84.9 Å². The summed E-state index contributed by atoms with van der Waals surface area (Å²) in [5, 5.41) is 0. The quantitative estimate of drug-likeness (QED) is 0.399. The number of aromatic nitrogens is 2. The lowest BCUT2D eigenvalue weighted by atomic mass is 10.1. The molecule has 0 unspecified atom stereocenters. The van der Waals surface area contributed by atoms with Gasteiger partial charge in [-0.05, 0) is 12.1 Å². The lowest BCUT2D eigenvalue weighted by molar-refractivity contribution is 0.354. The zero-order valence-corrected chi connectivity index (χ0v) is 18.4. The van der Waals surface area contributed by atoms with Crippen LogP contribution in [0.15, 0.2) is 83.7 Å². The Labute approximate surface area is 188 Å². The Morgan fingerprint density at radius 1 is 0.844 bits per heavy atom. The molecule has 0 N–H and O–H groups in total. The van der Waals surface area contributed by atoms with E-state index in [4.69, 9.17) is 14.5 Å². The molecule has 0 radical (unpaired) electrons. The van der Waals surface area contributed by atoms with Crippen LogP contribution in [0.4, 0.5) is 0 Å². The summed E-state index contributed by atoms with van der Waals surface area (Å²) in [4.78, 5) is 19.1. The summed E-state index contributed by atoms with van der Waals surface area (Å²) in [7, 11) is 3.19. The molecule has 0 fully saturated rings. The first-order valence-electron chi connectivity index (χ1n) is 10.1. The molecule has 5 aromatic rings. The smallest absolute Gasteiger partial charge is 0.274 e. The van der Waals surface area contributed by atoms with Crippen LogP contribution >= 0.6 is 11.3 Å². The number of imidazole rings is 1. The first-order valence-corrected chi connectivity index (χ1v) is 10.9. The highest BCUT2D eigenvalue weighted by atomic mass is 32.1. The largest absolute Gasteiger partial charge is 0.493 e. The molecule has 3 aromatic carbocycles. The van der Waals surface area contributed by atoms with Gasteiger partial charge in [0.1, 0.15) is 0 Å². The molecular formula is C26H20N2O3S. The number of hydrogen-bond donors (Lipinski definition) is 0. The minimum Gasteiger partial charge on any atom is -0.493 e. The molecule has 2 aromatic heterocycles. The number of thiazole rings is 1. The molecule has 0 amide bonds. The van der Waals surface area contributed by atoms with Crippen LogP contribution in [0, 0.1) is 0 Å². The number of nitrogens with zero attached hydrogens (tertiary/aromatic N) is 2. The highest BCUT2D eigenvalue weighted by molar-refractivity contribution is 7.15. The maximum atomic E-state index is 13.6. The Bertz CT molecular complexity index is 1510. The van der Waals surface area contributed by atoms with Crippen molar-refractivity contribution >= 4 is 22.4 Å². The molecule has 6 heteroatoms. The summed E-state index contributed by atoms with van der Waals surface area (Å²) in [6.07, 6.45) is 1.83. The molecule has 0 aliphatic heterocycles. The van der Waals surface area contributed by atoms with Crippen LogP contribution in [0.25, 0.3) is 33.6 Å². The van der Waals surface area contributed by atoms with Gasteiger partial charge in [-0.15, -0.1) is 0 Å². The molecule has 0 saturated carbocycles. The molecule has 0 bridgehead atoms. The van der Waals surface area contributed by atoms with E-state index in [0.29, 0.717) is 21.0 Å². The number of methoxy groups -OCH3 is 2. The molecule has 2 heterocycles. The van der Waals surface area contributed by atoms with Crippen molar-refractivity contribution in [2.75, 3.05) is 14.2 Å². The lowest BCUT2D eigenvalue weighted by Gasteiger charge is -2.09. The third kappa shape index (κ3) is 3.35. The third-order valence-electron chi connectivity index (χ3n) is 5.28. The summed E-state index contributed by atoms with van der Waals surface area (Å²) >= 11 is 1.36. The molecule has 0 saturated heterocycles. The fourth-order valence-corrected chi connectivity index (χ4v) is 4.79. The number of hydrogen-bond acceptors (Lipinski definition) is 5. The molecule has 0 atom stereocenters. The second kappa shape index (κ2) is 8.32. The van der Waals surface area contributed by atoms with Crippen molar-refractivity contribution in [1.29, 1.82) is 0 Å². The predicted molar refractivity (Wildman–Crippen MR) is 129 cm³/mol. The van der Waals surface area contributed by atoms with Gasteiger partial charge in [0.2, 0.25) is 0 Å². The number of para-hydroxylation sites is 1. The van der Waals surface area contributed by atoms with E-state index in [9.17, 15) is 4.79 Å². The summed E-state index contributed by atoms with van der Waals surface area (Å²) in [5.41, 5.74) is 4.18. The molecular weight excluding hydrogens is 420 g/mol. The van der Waals surface area contributed by atoms with Gasteiger partial charge in [0.25, 0.3) is 5.56 Å². The van der Waals surface area contributed by atoms with Gasteiger partial charge in [-0.1, -0.05) is 84.1 Å². The van der Waals surface area contributed by atoms with Crippen molar-refractivity contribution in [3.8, 4) is 34.0 Å². The van der Waals surface area contributed by atoms with E-state index in [0.717, 1.165) is 28.1 Å². The Kier molecular flexibility index (Phi) is 5.21. The van der Waals surface area contributed by atoms with Crippen LogP contribution < -0.4 is 19.6 Å². The fourth-order valence-electron chi connectivity index (χ4n) is 3.83. The molecule has 5 rings (SSSR count). The monoisotopic (exact) mass is 440 g/mol. The number of benzene rings is 3.